The van der Waals surface area contributed by atoms with Crippen LogP contribution in [-0.2, 0) is 9.59 Å². The van der Waals surface area contributed by atoms with E-state index in [2.05, 4.69) is 5.32 Å². The molecule has 20 heavy (non-hydrogen) atoms. The highest BCUT2D eigenvalue weighted by molar-refractivity contribution is 5.92. The highest BCUT2D eigenvalue weighted by Crippen LogP contribution is 2.11. The standard InChI is InChI=1S/C15H18FNO3/c1-15(2,10-9-14(19)20)17-13(18)8-5-11-3-6-12(16)7-4-11/h3-8H,9-10H2,1-2H3,(H,17,18)(H,19,20). The van der Waals surface area contributed by atoms with E-state index in [1.807, 2.05) is 0 Å². The number of rotatable bonds is 6. The average Bonchev–Trinajstić information content (AvgIpc) is 2.35. The van der Waals surface area contributed by atoms with Gasteiger partial charge in [0.1, 0.15) is 5.82 Å². The second kappa shape index (κ2) is 6.84. The van der Waals surface area contributed by atoms with E-state index in [4.69, 9.17) is 5.11 Å². The smallest absolute Gasteiger partial charge is 0.303 e. The van der Waals surface area contributed by atoms with Gasteiger partial charge in [-0.1, -0.05) is 12.1 Å². The Morgan fingerprint density at radius 3 is 2.45 bits per heavy atom. The molecule has 4 nitrogen and oxygen atoms in total. The van der Waals surface area contributed by atoms with E-state index < -0.39 is 11.5 Å². The zero-order valence-electron chi connectivity index (χ0n) is 11.5. The number of nitrogens with one attached hydrogen (secondary N) is 1. The fourth-order valence-corrected chi connectivity index (χ4v) is 1.60. The molecule has 0 saturated carbocycles. The molecule has 0 aliphatic rings. The lowest BCUT2D eigenvalue weighted by Gasteiger charge is -2.24. The van der Waals surface area contributed by atoms with Crippen LogP contribution in [0.2, 0.25) is 0 Å². The Kier molecular flexibility index (Phi) is 5.43. The number of hydrogen-bond donors (Lipinski definition) is 2. The van der Waals surface area contributed by atoms with Crippen LogP contribution in [-0.4, -0.2) is 22.5 Å². The van der Waals surface area contributed by atoms with E-state index in [1.54, 1.807) is 32.1 Å². The van der Waals surface area contributed by atoms with Crippen molar-refractivity contribution in [3.8, 4) is 0 Å². The first-order valence-electron chi connectivity index (χ1n) is 6.26. The maximum atomic E-state index is 12.7. The summed E-state index contributed by atoms with van der Waals surface area (Å²) in [6, 6.07) is 5.76. The van der Waals surface area contributed by atoms with Crippen molar-refractivity contribution in [2.45, 2.75) is 32.2 Å². The van der Waals surface area contributed by atoms with E-state index in [0.29, 0.717) is 12.0 Å². The number of amides is 1. The molecule has 0 radical (unpaired) electrons. The minimum absolute atomic E-state index is 0.00500. The highest BCUT2D eigenvalue weighted by Gasteiger charge is 2.20. The zero-order chi connectivity index (χ0) is 15.2. The summed E-state index contributed by atoms with van der Waals surface area (Å²) in [6.45, 7) is 3.53. The Balaban J connectivity index is 2.54. The van der Waals surface area contributed by atoms with Gasteiger partial charge in [-0.2, -0.15) is 0 Å². The van der Waals surface area contributed by atoms with Gasteiger partial charge in [-0.05, 0) is 44.0 Å². The minimum atomic E-state index is -0.894. The molecular formula is C15H18FNO3. The third-order valence-corrected chi connectivity index (χ3v) is 2.72. The van der Waals surface area contributed by atoms with E-state index in [-0.39, 0.29) is 18.1 Å². The van der Waals surface area contributed by atoms with Gasteiger partial charge in [0, 0.05) is 18.0 Å². The molecule has 0 saturated heterocycles. The molecule has 0 unspecified atom stereocenters. The first kappa shape index (κ1) is 15.9. The minimum Gasteiger partial charge on any atom is -0.481 e. The number of carbonyl (C=O) groups excluding carboxylic acids is 1. The van der Waals surface area contributed by atoms with Crippen LogP contribution in [0.4, 0.5) is 4.39 Å². The largest absolute Gasteiger partial charge is 0.481 e. The number of carboxylic acids is 1. The van der Waals surface area contributed by atoms with E-state index in [9.17, 15) is 14.0 Å². The van der Waals surface area contributed by atoms with Crippen molar-refractivity contribution in [2.75, 3.05) is 0 Å². The van der Waals surface area contributed by atoms with Crippen LogP contribution in [0.15, 0.2) is 30.3 Å². The Hall–Kier alpha value is -2.17. The molecule has 0 atom stereocenters. The second-order valence-electron chi connectivity index (χ2n) is 5.15. The first-order chi connectivity index (χ1) is 9.28. The molecule has 0 aliphatic carbocycles. The molecule has 1 amide bonds. The Morgan fingerprint density at radius 1 is 1.30 bits per heavy atom. The molecule has 1 aromatic carbocycles. The third-order valence-electron chi connectivity index (χ3n) is 2.72. The maximum absolute atomic E-state index is 12.7. The van der Waals surface area contributed by atoms with Crippen LogP contribution < -0.4 is 5.32 Å². The number of hydrogen-bond acceptors (Lipinski definition) is 2. The van der Waals surface area contributed by atoms with E-state index >= 15 is 0 Å². The molecule has 1 aromatic rings. The van der Waals surface area contributed by atoms with Crippen molar-refractivity contribution >= 4 is 18.0 Å². The maximum Gasteiger partial charge on any atom is 0.303 e. The molecular weight excluding hydrogens is 261 g/mol. The third kappa shape index (κ3) is 6.13. The van der Waals surface area contributed by atoms with E-state index in [1.165, 1.54) is 18.2 Å². The van der Waals surface area contributed by atoms with Gasteiger partial charge in [0.25, 0.3) is 0 Å². The Bertz CT molecular complexity index is 506. The quantitative estimate of drug-likeness (QED) is 0.787. The summed E-state index contributed by atoms with van der Waals surface area (Å²) < 4.78 is 12.7. The van der Waals surface area contributed by atoms with Crippen LogP contribution in [0.5, 0.6) is 0 Å². The topological polar surface area (TPSA) is 66.4 Å². The average molecular weight is 279 g/mol. The van der Waals surface area contributed by atoms with Crippen molar-refractivity contribution in [3.05, 3.63) is 41.7 Å². The van der Waals surface area contributed by atoms with Gasteiger partial charge in [-0.15, -0.1) is 0 Å². The summed E-state index contributed by atoms with van der Waals surface area (Å²) in [6.07, 6.45) is 3.26. The Labute approximate surface area is 117 Å². The predicted molar refractivity (Wildman–Crippen MR) is 74.5 cm³/mol. The number of carbonyl (C=O) groups is 2. The number of aliphatic carboxylic acids is 1. The lowest BCUT2D eigenvalue weighted by atomic mass is 9.98. The van der Waals surface area contributed by atoms with Gasteiger partial charge in [0.05, 0.1) is 0 Å². The fourth-order valence-electron chi connectivity index (χ4n) is 1.60. The second-order valence-corrected chi connectivity index (χ2v) is 5.15. The SMILES string of the molecule is CC(C)(CCC(=O)O)NC(=O)C=Cc1ccc(F)cc1. The summed E-state index contributed by atoms with van der Waals surface area (Å²) in [5, 5.41) is 11.4. The fraction of sp³-hybridized carbons (Fsp3) is 0.333. The van der Waals surface area contributed by atoms with Gasteiger partial charge in [-0.3, -0.25) is 9.59 Å². The number of halogens is 1. The predicted octanol–water partition coefficient (Wildman–Crippen LogP) is 2.60. The lowest BCUT2D eigenvalue weighted by molar-refractivity contribution is -0.137. The monoisotopic (exact) mass is 279 g/mol. The molecule has 108 valence electrons. The summed E-state index contributed by atoms with van der Waals surface area (Å²) >= 11 is 0. The molecule has 0 fully saturated rings. The number of benzene rings is 1. The van der Waals surface area contributed by atoms with Crippen LogP contribution >= 0.6 is 0 Å². The number of carboxylic acid groups (broad SMARTS) is 1. The molecule has 0 spiro atoms. The normalized spacial score (nSPS) is 11.6. The van der Waals surface area contributed by atoms with Crippen LogP contribution in [0.3, 0.4) is 0 Å². The van der Waals surface area contributed by atoms with Gasteiger partial charge < -0.3 is 10.4 Å². The lowest BCUT2D eigenvalue weighted by Crippen LogP contribution is -2.42. The molecule has 0 heterocycles. The molecule has 1 rings (SSSR count). The van der Waals surface area contributed by atoms with Crippen molar-refractivity contribution in [3.63, 3.8) is 0 Å². The van der Waals surface area contributed by atoms with Crippen LogP contribution in [0, 0.1) is 5.82 Å². The van der Waals surface area contributed by atoms with Gasteiger partial charge in [0.2, 0.25) is 5.91 Å². The zero-order valence-corrected chi connectivity index (χ0v) is 11.5. The van der Waals surface area contributed by atoms with Crippen LogP contribution in [0.1, 0.15) is 32.3 Å². The van der Waals surface area contributed by atoms with E-state index in [0.717, 1.165) is 0 Å². The molecule has 0 aliphatic heterocycles. The van der Waals surface area contributed by atoms with Gasteiger partial charge >= 0.3 is 5.97 Å². The van der Waals surface area contributed by atoms with Crippen molar-refractivity contribution in [2.24, 2.45) is 0 Å². The Morgan fingerprint density at radius 2 is 1.90 bits per heavy atom. The summed E-state index contributed by atoms with van der Waals surface area (Å²) in [5.74, 6) is -1.54. The summed E-state index contributed by atoms with van der Waals surface area (Å²) in [5.41, 5.74) is 0.118. The first-order valence-corrected chi connectivity index (χ1v) is 6.26. The van der Waals surface area contributed by atoms with Crippen molar-refractivity contribution in [1.29, 1.82) is 0 Å². The van der Waals surface area contributed by atoms with Crippen molar-refractivity contribution in [1.82, 2.24) is 5.32 Å². The molecule has 0 aromatic heterocycles. The molecule has 5 heteroatoms. The van der Waals surface area contributed by atoms with Crippen LogP contribution in [0.25, 0.3) is 6.08 Å². The van der Waals surface area contributed by atoms with Crippen molar-refractivity contribution < 1.29 is 19.1 Å². The van der Waals surface area contributed by atoms with Gasteiger partial charge in [0.15, 0.2) is 0 Å². The molecule has 0 bridgehead atoms. The highest BCUT2D eigenvalue weighted by atomic mass is 19.1. The summed E-state index contributed by atoms with van der Waals surface area (Å²) in [4.78, 5) is 22.2. The van der Waals surface area contributed by atoms with Gasteiger partial charge in [-0.25, -0.2) is 4.39 Å². The summed E-state index contributed by atoms with van der Waals surface area (Å²) in [7, 11) is 0. The molecule has 2 N–H and O–H groups in total.